The Kier molecular flexibility index (Phi) is 2.90. The van der Waals surface area contributed by atoms with Crippen LogP contribution in [0.1, 0.15) is 19.3 Å². The zero-order valence-corrected chi connectivity index (χ0v) is 8.52. The molecule has 1 N–H and O–H groups in total. The van der Waals surface area contributed by atoms with Gasteiger partial charge in [-0.3, -0.25) is 9.59 Å². The van der Waals surface area contributed by atoms with Gasteiger partial charge in [-0.25, -0.2) is 0 Å². The van der Waals surface area contributed by atoms with Crippen molar-refractivity contribution in [2.24, 2.45) is 5.92 Å². The normalized spacial score (nSPS) is 28.4. The van der Waals surface area contributed by atoms with Crippen LogP contribution in [0.2, 0.25) is 0 Å². The molecule has 2 saturated heterocycles. The summed E-state index contributed by atoms with van der Waals surface area (Å²) in [5.74, 6) is -1.40. The molecule has 0 aromatic carbocycles. The van der Waals surface area contributed by atoms with Gasteiger partial charge in [-0.05, 0) is 12.8 Å². The lowest BCUT2D eigenvalue weighted by Gasteiger charge is -2.31. The summed E-state index contributed by atoms with van der Waals surface area (Å²) in [5, 5.41) is 8.84. The predicted molar refractivity (Wildman–Crippen MR) is 51.3 cm³/mol. The second-order valence-corrected chi connectivity index (χ2v) is 4.13. The molecule has 0 aliphatic carbocycles. The van der Waals surface area contributed by atoms with Crippen molar-refractivity contribution in [2.45, 2.75) is 25.3 Å². The van der Waals surface area contributed by atoms with Crippen LogP contribution in [0, 0.1) is 5.92 Å². The van der Waals surface area contributed by atoms with E-state index < -0.39 is 11.9 Å². The fourth-order valence-electron chi connectivity index (χ4n) is 2.25. The highest BCUT2D eigenvalue weighted by Gasteiger charge is 2.38. The van der Waals surface area contributed by atoms with E-state index in [1.54, 1.807) is 4.90 Å². The number of aliphatic carboxylic acids is 1. The van der Waals surface area contributed by atoms with E-state index in [9.17, 15) is 9.59 Å². The third-order valence-corrected chi connectivity index (χ3v) is 3.14. The minimum Gasteiger partial charge on any atom is -0.481 e. The molecule has 0 saturated carbocycles. The van der Waals surface area contributed by atoms with Crippen LogP contribution in [0.3, 0.4) is 0 Å². The first-order valence-electron chi connectivity index (χ1n) is 5.28. The third-order valence-electron chi connectivity index (χ3n) is 3.14. The van der Waals surface area contributed by atoms with Gasteiger partial charge in [0, 0.05) is 32.2 Å². The molecule has 5 nitrogen and oxygen atoms in total. The molecule has 0 bridgehead atoms. The quantitative estimate of drug-likeness (QED) is 0.706. The summed E-state index contributed by atoms with van der Waals surface area (Å²) in [6.45, 7) is 1.72. The van der Waals surface area contributed by atoms with Crippen LogP contribution in [-0.2, 0) is 14.3 Å². The van der Waals surface area contributed by atoms with E-state index in [1.807, 2.05) is 0 Å². The average molecular weight is 213 g/mol. The van der Waals surface area contributed by atoms with Gasteiger partial charge in [-0.1, -0.05) is 0 Å². The van der Waals surface area contributed by atoms with Crippen LogP contribution in [-0.4, -0.2) is 47.7 Å². The lowest BCUT2D eigenvalue weighted by molar-refractivity contribution is -0.141. The number of rotatable bonds is 2. The van der Waals surface area contributed by atoms with Crippen LogP contribution >= 0.6 is 0 Å². The van der Waals surface area contributed by atoms with Gasteiger partial charge >= 0.3 is 5.97 Å². The van der Waals surface area contributed by atoms with Crippen LogP contribution in [0.5, 0.6) is 0 Å². The fraction of sp³-hybridized carbons (Fsp3) is 0.800. The second kappa shape index (κ2) is 4.18. The lowest BCUT2D eigenvalue weighted by Crippen LogP contribution is -2.40. The summed E-state index contributed by atoms with van der Waals surface area (Å²) in [6, 6.07) is 0.190. The van der Waals surface area contributed by atoms with E-state index in [2.05, 4.69) is 0 Å². The van der Waals surface area contributed by atoms with Crippen LogP contribution in [0.15, 0.2) is 0 Å². The second-order valence-electron chi connectivity index (χ2n) is 4.13. The zero-order chi connectivity index (χ0) is 10.8. The van der Waals surface area contributed by atoms with Crippen molar-refractivity contribution in [1.29, 1.82) is 0 Å². The first-order chi connectivity index (χ1) is 7.18. The van der Waals surface area contributed by atoms with Crippen molar-refractivity contribution in [2.75, 3.05) is 19.8 Å². The maximum Gasteiger partial charge on any atom is 0.308 e. The number of carboxylic acid groups (broad SMARTS) is 1. The standard InChI is InChI=1S/C10H15NO4/c12-9-5-7(10(13)14)6-11(9)8-1-3-15-4-2-8/h7-8H,1-6H2,(H,13,14)/t7-/m1/s1. The van der Waals surface area contributed by atoms with Crippen molar-refractivity contribution in [1.82, 2.24) is 4.90 Å². The molecular weight excluding hydrogens is 198 g/mol. The number of ether oxygens (including phenoxy) is 1. The summed E-state index contributed by atoms with van der Waals surface area (Å²) in [6.07, 6.45) is 1.82. The Morgan fingerprint density at radius 1 is 1.40 bits per heavy atom. The largest absolute Gasteiger partial charge is 0.481 e. The Labute approximate surface area is 88.0 Å². The van der Waals surface area contributed by atoms with E-state index in [1.165, 1.54) is 0 Å². The van der Waals surface area contributed by atoms with Crippen LogP contribution < -0.4 is 0 Å². The molecule has 84 valence electrons. The monoisotopic (exact) mass is 213 g/mol. The van der Waals surface area contributed by atoms with Gasteiger partial charge in [0.25, 0.3) is 0 Å². The Balaban J connectivity index is 1.97. The van der Waals surface area contributed by atoms with Gasteiger partial charge in [0.1, 0.15) is 0 Å². The van der Waals surface area contributed by atoms with Gasteiger partial charge in [0.15, 0.2) is 0 Å². The molecule has 0 aromatic heterocycles. The zero-order valence-electron chi connectivity index (χ0n) is 8.52. The molecule has 0 unspecified atom stereocenters. The summed E-state index contributed by atoms with van der Waals surface area (Å²) in [4.78, 5) is 24.1. The SMILES string of the molecule is O=C(O)[C@@H]1CC(=O)N(C2CCOCC2)C1. The molecule has 1 atom stereocenters. The van der Waals surface area contributed by atoms with E-state index in [4.69, 9.17) is 9.84 Å². The summed E-state index contributed by atoms with van der Waals surface area (Å²) >= 11 is 0. The molecule has 2 rings (SSSR count). The molecule has 2 aliphatic rings. The van der Waals surface area contributed by atoms with E-state index in [0.29, 0.717) is 19.8 Å². The number of amides is 1. The van der Waals surface area contributed by atoms with Crippen molar-refractivity contribution in [3.05, 3.63) is 0 Å². The molecule has 0 radical (unpaired) electrons. The van der Waals surface area contributed by atoms with Gasteiger partial charge in [-0.15, -0.1) is 0 Å². The maximum atomic E-state index is 11.6. The number of carbonyl (C=O) groups excluding carboxylic acids is 1. The molecule has 2 fully saturated rings. The Morgan fingerprint density at radius 3 is 2.60 bits per heavy atom. The smallest absolute Gasteiger partial charge is 0.308 e. The van der Waals surface area contributed by atoms with Crippen molar-refractivity contribution >= 4 is 11.9 Å². The van der Waals surface area contributed by atoms with Crippen LogP contribution in [0.4, 0.5) is 0 Å². The summed E-state index contributed by atoms with van der Waals surface area (Å²) in [5.41, 5.74) is 0. The number of carboxylic acids is 1. The Bertz CT molecular complexity index is 273. The van der Waals surface area contributed by atoms with Gasteiger partial charge in [0.05, 0.1) is 5.92 Å². The highest BCUT2D eigenvalue weighted by Crippen LogP contribution is 2.24. The Hall–Kier alpha value is -1.10. The summed E-state index contributed by atoms with van der Waals surface area (Å²) in [7, 11) is 0. The predicted octanol–water partition coefficient (Wildman–Crippen LogP) is 0.0985. The first kappa shape index (κ1) is 10.4. The maximum absolute atomic E-state index is 11.6. The number of hydrogen-bond donors (Lipinski definition) is 1. The van der Waals surface area contributed by atoms with E-state index in [0.717, 1.165) is 12.8 Å². The molecule has 15 heavy (non-hydrogen) atoms. The molecule has 2 aliphatic heterocycles. The first-order valence-corrected chi connectivity index (χ1v) is 5.28. The molecule has 0 spiro atoms. The van der Waals surface area contributed by atoms with Crippen LogP contribution in [0.25, 0.3) is 0 Å². The number of hydrogen-bond acceptors (Lipinski definition) is 3. The number of carbonyl (C=O) groups is 2. The van der Waals surface area contributed by atoms with E-state index in [-0.39, 0.29) is 18.4 Å². The molecule has 1 amide bonds. The third kappa shape index (κ3) is 2.12. The Morgan fingerprint density at radius 2 is 2.07 bits per heavy atom. The highest BCUT2D eigenvalue weighted by atomic mass is 16.5. The fourth-order valence-corrected chi connectivity index (χ4v) is 2.25. The van der Waals surface area contributed by atoms with Crippen molar-refractivity contribution < 1.29 is 19.4 Å². The highest BCUT2D eigenvalue weighted by molar-refractivity contribution is 5.86. The minimum absolute atomic E-state index is 0.0192. The van der Waals surface area contributed by atoms with Gasteiger partial charge in [-0.2, -0.15) is 0 Å². The summed E-state index contributed by atoms with van der Waals surface area (Å²) < 4.78 is 5.21. The number of likely N-dealkylation sites (tertiary alicyclic amines) is 1. The molecular formula is C10H15NO4. The van der Waals surface area contributed by atoms with Gasteiger partial charge < -0.3 is 14.7 Å². The number of nitrogens with zero attached hydrogens (tertiary/aromatic N) is 1. The average Bonchev–Trinajstić information content (AvgIpc) is 2.62. The molecule has 5 heteroatoms. The topological polar surface area (TPSA) is 66.8 Å². The van der Waals surface area contributed by atoms with Crippen molar-refractivity contribution in [3.63, 3.8) is 0 Å². The van der Waals surface area contributed by atoms with Crippen molar-refractivity contribution in [3.8, 4) is 0 Å². The minimum atomic E-state index is -0.863. The molecule has 2 heterocycles. The van der Waals surface area contributed by atoms with E-state index >= 15 is 0 Å². The lowest BCUT2D eigenvalue weighted by atomic mass is 10.1. The molecule has 0 aromatic rings. The van der Waals surface area contributed by atoms with Gasteiger partial charge in [0.2, 0.25) is 5.91 Å².